The number of aromatic amines is 1. The van der Waals surface area contributed by atoms with Crippen LogP contribution in [0.4, 0.5) is 0 Å². The molecule has 0 spiro atoms. The van der Waals surface area contributed by atoms with E-state index in [1.54, 1.807) is 24.3 Å². The highest BCUT2D eigenvalue weighted by atomic mass is 16.3. The Kier molecular flexibility index (Phi) is 2.96. The van der Waals surface area contributed by atoms with E-state index in [0.29, 0.717) is 11.3 Å². The third kappa shape index (κ3) is 2.14. The molecular formula is C14H10N4O2. The van der Waals surface area contributed by atoms with Gasteiger partial charge in [-0.3, -0.25) is 9.78 Å². The van der Waals surface area contributed by atoms with Gasteiger partial charge in [-0.1, -0.05) is 30.3 Å². The standard InChI is InChI=1S/C14H10N4O2/c19-13-11(9-4-2-1-3-5-9)14(20)18-12(17-13)10-8-15-6-7-16-10/h1-8H,(H2,17,18,19,20). The first-order chi connectivity index (χ1) is 9.75. The van der Waals surface area contributed by atoms with Crippen molar-refractivity contribution < 1.29 is 5.11 Å². The van der Waals surface area contributed by atoms with Gasteiger partial charge in [-0.15, -0.1) is 0 Å². The van der Waals surface area contributed by atoms with Crippen molar-refractivity contribution in [3.8, 4) is 28.5 Å². The van der Waals surface area contributed by atoms with Crippen LogP contribution in [0.3, 0.4) is 0 Å². The normalized spacial score (nSPS) is 10.4. The highest BCUT2D eigenvalue weighted by molar-refractivity contribution is 5.68. The lowest BCUT2D eigenvalue weighted by molar-refractivity contribution is 0.454. The molecule has 0 bridgehead atoms. The smallest absolute Gasteiger partial charge is 0.262 e. The van der Waals surface area contributed by atoms with Gasteiger partial charge >= 0.3 is 0 Å². The first-order valence-corrected chi connectivity index (χ1v) is 5.91. The monoisotopic (exact) mass is 266 g/mol. The molecule has 2 N–H and O–H groups in total. The molecule has 0 radical (unpaired) electrons. The van der Waals surface area contributed by atoms with Gasteiger partial charge in [-0.2, -0.15) is 4.98 Å². The number of aromatic nitrogens is 4. The molecule has 0 unspecified atom stereocenters. The first kappa shape index (κ1) is 12.0. The van der Waals surface area contributed by atoms with E-state index < -0.39 is 5.56 Å². The van der Waals surface area contributed by atoms with Gasteiger partial charge in [0.1, 0.15) is 11.3 Å². The van der Waals surface area contributed by atoms with E-state index >= 15 is 0 Å². The zero-order valence-corrected chi connectivity index (χ0v) is 10.3. The highest BCUT2D eigenvalue weighted by Gasteiger charge is 2.14. The second-order valence-corrected chi connectivity index (χ2v) is 4.07. The van der Waals surface area contributed by atoms with E-state index in [1.165, 1.54) is 18.6 Å². The Morgan fingerprint density at radius 2 is 1.90 bits per heavy atom. The van der Waals surface area contributed by atoms with Crippen LogP contribution in [0.15, 0.2) is 53.7 Å². The third-order valence-corrected chi connectivity index (χ3v) is 2.77. The van der Waals surface area contributed by atoms with E-state index in [0.717, 1.165) is 0 Å². The molecule has 20 heavy (non-hydrogen) atoms. The molecule has 0 saturated heterocycles. The van der Waals surface area contributed by atoms with Crippen LogP contribution < -0.4 is 5.56 Å². The summed E-state index contributed by atoms with van der Waals surface area (Å²) in [5, 5.41) is 10.0. The predicted octanol–water partition coefficient (Wildman–Crippen LogP) is 1.60. The summed E-state index contributed by atoms with van der Waals surface area (Å²) < 4.78 is 0. The van der Waals surface area contributed by atoms with Crippen molar-refractivity contribution in [3.05, 3.63) is 59.3 Å². The fourth-order valence-electron chi connectivity index (χ4n) is 1.87. The Morgan fingerprint density at radius 3 is 2.55 bits per heavy atom. The van der Waals surface area contributed by atoms with Gasteiger partial charge in [0.15, 0.2) is 5.82 Å². The largest absolute Gasteiger partial charge is 0.493 e. The second kappa shape index (κ2) is 4.93. The summed E-state index contributed by atoms with van der Waals surface area (Å²) in [5.41, 5.74) is 0.701. The summed E-state index contributed by atoms with van der Waals surface area (Å²) >= 11 is 0. The Balaban J connectivity index is 2.16. The number of hydrogen-bond acceptors (Lipinski definition) is 5. The summed E-state index contributed by atoms with van der Waals surface area (Å²) in [6.07, 6.45) is 4.46. The third-order valence-electron chi connectivity index (χ3n) is 2.77. The molecular weight excluding hydrogens is 256 g/mol. The molecule has 3 rings (SSSR count). The Hall–Kier alpha value is -3.02. The molecule has 0 aliphatic carbocycles. The van der Waals surface area contributed by atoms with Crippen LogP contribution in [-0.2, 0) is 0 Å². The van der Waals surface area contributed by atoms with Gasteiger partial charge in [0, 0.05) is 12.4 Å². The number of rotatable bonds is 2. The molecule has 3 aromatic rings. The second-order valence-electron chi connectivity index (χ2n) is 4.07. The maximum Gasteiger partial charge on any atom is 0.262 e. The molecule has 0 fully saturated rings. The van der Waals surface area contributed by atoms with Crippen molar-refractivity contribution in [2.75, 3.05) is 0 Å². The molecule has 2 aromatic heterocycles. The van der Waals surface area contributed by atoms with Crippen molar-refractivity contribution >= 4 is 0 Å². The molecule has 1 aromatic carbocycles. The number of benzene rings is 1. The maximum atomic E-state index is 12.1. The van der Waals surface area contributed by atoms with Gasteiger partial charge in [0.05, 0.1) is 6.20 Å². The molecule has 0 aliphatic heterocycles. The summed E-state index contributed by atoms with van der Waals surface area (Å²) in [6.45, 7) is 0. The van der Waals surface area contributed by atoms with Gasteiger partial charge in [-0.05, 0) is 5.56 Å². The molecule has 0 amide bonds. The van der Waals surface area contributed by atoms with Gasteiger partial charge in [-0.25, -0.2) is 4.98 Å². The number of nitrogens with one attached hydrogen (secondary N) is 1. The summed E-state index contributed by atoms with van der Waals surface area (Å²) in [5.74, 6) is -0.152. The first-order valence-electron chi connectivity index (χ1n) is 5.91. The van der Waals surface area contributed by atoms with E-state index in [4.69, 9.17) is 0 Å². The van der Waals surface area contributed by atoms with Crippen molar-refractivity contribution in [1.29, 1.82) is 0 Å². The van der Waals surface area contributed by atoms with Gasteiger partial charge in [0.2, 0.25) is 5.88 Å². The van der Waals surface area contributed by atoms with Crippen LogP contribution >= 0.6 is 0 Å². The zero-order valence-electron chi connectivity index (χ0n) is 10.3. The summed E-state index contributed by atoms with van der Waals surface area (Å²) in [4.78, 5) is 26.6. The zero-order chi connectivity index (χ0) is 13.9. The average Bonchev–Trinajstić information content (AvgIpc) is 2.48. The Bertz CT molecular complexity index is 785. The SMILES string of the molecule is O=c1[nH]c(-c2cnccn2)nc(O)c1-c1ccccc1. The molecule has 6 nitrogen and oxygen atoms in total. The molecule has 98 valence electrons. The van der Waals surface area contributed by atoms with Crippen LogP contribution in [0.25, 0.3) is 22.6 Å². The predicted molar refractivity (Wildman–Crippen MR) is 73.0 cm³/mol. The van der Waals surface area contributed by atoms with Crippen LogP contribution in [0, 0.1) is 0 Å². The van der Waals surface area contributed by atoms with Crippen LogP contribution in [0.1, 0.15) is 0 Å². The minimum absolute atomic E-state index is 0.137. The van der Waals surface area contributed by atoms with Crippen molar-refractivity contribution in [2.45, 2.75) is 0 Å². The molecule has 0 atom stereocenters. The van der Waals surface area contributed by atoms with Crippen LogP contribution in [0.5, 0.6) is 5.88 Å². The minimum Gasteiger partial charge on any atom is -0.493 e. The lowest BCUT2D eigenvalue weighted by atomic mass is 10.1. The fourth-order valence-corrected chi connectivity index (χ4v) is 1.87. The molecule has 2 heterocycles. The number of H-pyrrole nitrogens is 1. The lowest BCUT2D eigenvalue weighted by Gasteiger charge is -2.05. The Morgan fingerprint density at radius 1 is 1.10 bits per heavy atom. The maximum absolute atomic E-state index is 12.1. The van der Waals surface area contributed by atoms with E-state index in [-0.39, 0.29) is 17.3 Å². The quantitative estimate of drug-likeness (QED) is 0.735. The van der Waals surface area contributed by atoms with Crippen molar-refractivity contribution in [1.82, 2.24) is 19.9 Å². The topological polar surface area (TPSA) is 91.8 Å². The average molecular weight is 266 g/mol. The van der Waals surface area contributed by atoms with Crippen molar-refractivity contribution in [3.63, 3.8) is 0 Å². The summed E-state index contributed by atoms with van der Waals surface area (Å²) in [6, 6.07) is 8.85. The number of nitrogens with zero attached hydrogens (tertiary/aromatic N) is 3. The number of aromatic hydroxyl groups is 1. The van der Waals surface area contributed by atoms with E-state index in [1.807, 2.05) is 6.07 Å². The van der Waals surface area contributed by atoms with E-state index in [9.17, 15) is 9.90 Å². The summed E-state index contributed by atoms with van der Waals surface area (Å²) in [7, 11) is 0. The molecule has 0 aliphatic rings. The number of hydrogen-bond donors (Lipinski definition) is 2. The van der Waals surface area contributed by atoms with Gasteiger partial charge < -0.3 is 10.1 Å². The highest BCUT2D eigenvalue weighted by Crippen LogP contribution is 2.24. The Labute approximate surface area is 113 Å². The fraction of sp³-hybridized carbons (Fsp3) is 0. The van der Waals surface area contributed by atoms with Gasteiger partial charge in [0.25, 0.3) is 5.56 Å². The van der Waals surface area contributed by atoms with Crippen LogP contribution in [-0.4, -0.2) is 25.0 Å². The minimum atomic E-state index is -0.427. The van der Waals surface area contributed by atoms with Crippen LogP contribution in [0.2, 0.25) is 0 Å². The molecule has 0 saturated carbocycles. The van der Waals surface area contributed by atoms with E-state index in [2.05, 4.69) is 19.9 Å². The van der Waals surface area contributed by atoms with Crippen molar-refractivity contribution in [2.24, 2.45) is 0 Å². The molecule has 6 heteroatoms. The lowest BCUT2D eigenvalue weighted by Crippen LogP contribution is -2.12.